The summed E-state index contributed by atoms with van der Waals surface area (Å²) in [5, 5.41) is 13.2. The monoisotopic (exact) mass is 249 g/mol. The van der Waals surface area contributed by atoms with Crippen LogP contribution >= 0.6 is 0 Å². The van der Waals surface area contributed by atoms with Crippen LogP contribution in [0, 0.1) is 0 Å². The van der Waals surface area contributed by atoms with E-state index in [2.05, 4.69) is 10.0 Å². The van der Waals surface area contributed by atoms with Gasteiger partial charge in [0.25, 0.3) is 0 Å². The molecule has 0 aliphatic carbocycles. The molecule has 96 valence electrons. The summed E-state index contributed by atoms with van der Waals surface area (Å²) in [6.07, 6.45) is -0.850. The number of rotatable bonds is 4. The van der Waals surface area contributed by atoms with Crippen LogP contribution in [0.1, 0.15) is 12.0 Å². The number of aliphatic hydroxyl groups is 1. The van der Waals surface area contributed by atoms with Gasteiger partial charge in [0.05, 0.1) is 25.4 Å². The zero-order valence-electron chi connectivity index (χ0n) is 9.85. The maximum Gasteiger partial charge on any atom is 0.160 e. The molecule has 1 saturated heterocycles. The van der Waals surface area contributed by atoms with Gasteiger partial charge in [0, 0.05) is 11.3 Å². The summed E-state index contributed by atoms with van der Waals surface area (Å²) < 4.78 is 10.9. The Kier molecular flexibility index (Phi) is 4.55. The van der Waals surface area contributed by atoms with Crippen LogP contribution in [-0.4, -0.2) is 30.1 Å². The molecule has 0 aromatic heterocycles. The maximum absolute atomic E-state index is 9.74. The lowest BCUT2D eigenvalue weighted by Gasteiger charge is -2.30. The van der Waals surface area contributed by atoms with Crippen molar-refractivity contribution < 1.29 is 14.6 Å². The van der Waals surface area contributed by atoms with Crippen molar-refractivity contribution in [1.29, 1.82) is 0 Å². The summed E-state index contributed by atoms with van der Waals surface area (Å²) in [5.41, 5.74) is 9.36. The molecule has 0 saturated carbocycles. The van der Waals surface area contributed by atoms with Crippen LogP contribution in [0.5, 0.6) is 0 Å². The Labute approximate surface area is 105 Å². The highest BCUT2D eigenvalue weighted by Gasteiger charge is 2.29. The smallest absolute Gasteiger partial charge is 0.160 e. The van der Waals surface area contributed by atoms with Crippen molar-refractivity contribution in [2.75, 3.05) is 6.61 Å². The lowest BCUT2D eigenvalue weighted by molar-refractivity contribution is -0.195. The van der Waals surface area contributed by atoms with Crippen molar-refractivity contribution in [3.8, 4) is 0 Å². The molecule has 6 nitrogen and oxygen atoms in total. The fraction of sp³-hybridized carbons (Fsp3) is 0.500. The lowest BCUT2D eigenvalue weighted by atomic mass is 10.1. The van der Waals surface area contributed by atoms with Gasteiger partial charge in [-0.15, -0.1) is 0 Å². The Morgan fingerprint density at radius 1 is 1.44 bits per heavy atom. The van der Waals surface area contributed by atoms with E-state index < -0.39 is 18.4 Å². The number of hydrogen-bond donors (Lipinski definition) is 1. The summed E-state index contributed by atoms with van der Waals surface area (Å²) in [5.74, 6) is 0. The zero-order valence-corrected chi connectivity index (χ0v) is 9.85. The van der Waals surface area contributed by atoms with E-state index in [1.807, 2.05) is 30.3 Å². The SMILES string of the molecule is [N-]=[N+]=N[C@@H]1CO[C@@H](OCc2ccccc2)C[C@H]1O. The molecule has 2 rings (SSSR count). The largest absolute Gasteiger partial charge is 0.392 e. The fourth-order valence-corrected chi connectivity index (χ4v) is 1.80. The molecule has 1 heterocycles. The average molecular weight is 249 g/mol. The molecular weight excluding hydrogens is 234 g/mol. The van der Waals surface area contributed by atoms with Gasteiger partial charge < -0.3 is 14.6 Å². The van der Waals surface area contributed by atoms with Gasteiger partial charge in [-0.2, -0.15) is 0 Å². The Bertz CT molecular complexity index is 420. The molecule has 0 spiro atoms. The highest BCUT2D eigenvalue weighted by Crippen LogP contribution is 2.19. The zero-order chi connectivity index (χ0) is 12.8. The standard InChI is InChI=1S/C12H15N3O3/c13-15-14-10-8-18-12(6-11(10)16)17-7-9-4-2-1-3-5-9/h1-5,10-12,16H,6-8H2/t10-,11-,12-/m1/s1. The van der Waals surface area contributed by atoms with E-state index in [1.54, 1.807) is 0 Å². The van der Waals surface area contributed by atoms with Gasteiger partial charge >= 0.3 is 0 Å². The minimum atomic E-state index is -0.713. The van der Waals surface area contributed by atoms with Gasteiger partial charge in [-0.05, 0) is 11.1 Å². The second kappa shape index (κ2) is 6.37. The van der Waals surface area contributed by atoms with Crippen LogP contribution in [-0.2, 0) is 16.1 Å². The molecule has 1 fully saturated rings. The summed E-state index contributed by atoms with van der Waals surface area (Å²) in [7, 11) is 0. The first-order valence-corrected chi connectivity index (χ1v) is 5.79. The summed E-state index contributed by atoms with van der Waals surface area (Å²) in [4.78, 5) is 2.67. The molecule has 0 bridgehead atoms. The number of nitrogens with zero attached hydrogens (tertiary/aromatic N) is 3. The van der Waals surface area contributed by atoms with Crippen LogP contribution in [0.2, 0.25) is 0 Å². The second-order valence-electron chi connectivity index (χ2n) is 4.13. The topological polar surface area (TPSA) is 87.5 Å². The highest BCUT2D eigenvalue weighted by molar-refractivity contribution is 5.13. The molecule has 0 amide bonds. The number of aliphatic hydroxyl groups excluding tert-OH is 1. The first-order valence-electron chi connectivity index (χ1n) is 5.79. The van der Waals surface area contributed by atoms with E-state index in [1.165, 1.54) is 0 Å². The van der Waals surface area contributed by atoms with Crippen LogP contribution in [0.3, 0.4) is 0 Å². The van der Waals surface area contributed by atoms with Crippen LogP contribution < -0.4 is 0 Å². The Balaban J connectivity index is 1.81. The molecule has 1 aromatic carbocycles. The minimum Gasteiger partial charge on any atom is -0.392 e. The first kappa shape index (κ1) is 12.9. The van der Waals surface area contributed by atoms with E-state index in [4.69, 9.17) is 15.0 Å². The fourth-order valence-electron chi connectivity index (χ4n) is 1.80. The van der Waals surface area contributed by atoms with Gasteiger partial charge in [-0.3, -0.25) is 0 Å². The van der Waals surface area contributed by atoms with Crippen molar-refractivity contribution in [1.82, 2.24) is 0 Å². The third kappa shape index (κ3) is 3.45. The number of hydrogen-bond acceptors (Lipinski definition) is 4. The molecule has 18 heavy (non-hydrogen) atoms. The Hall–Kier alpha value is -1.59. The van der Waals surface area contributed by atoms with Crippen LogP contribution in [0.4, 0.5) is 0 Å². The van der Waals surface area contributed by atoms with E-state index >= 15 is 0 Å². The van der Waals surface area contributed by atoms with Gasteiger partial charge in [0.15, 0.2) is 6.29 Å². The van der Waals surface area contributed by atoms with E-state index in [9.17, 15) is 5.11 Å². The average Bonchev–Trinajstić information content (AvgIpc) is 2.41. The predicted molar refractivity (Wildman–Crippen MR) is 64.5 cm³/mol. The predicted octanol–water partition coefficient (Wildman–Crippen LogP) is 1.99. The van der Waals surface area contributed by atoms with Crippen molar-refractivity contribution >= 4 is 0 Å². The van der Waals surface area contributed by atoms with Crippen molar-refractivity contribution in [2.24, 2.45) is 5.11 Å². The third-order valence-corrected chi connectivity index (χ3v) is 2.81. The van der Waals surface area contributed by atoms with E-state index in [-0.39, 0.29) is 6.61 Å². The number of benzene rings is 1. The molecule has 1 aliphatic rings. The van der Waals surface area contributed by atoms with Gasteiger partial charge in [-0.25, -0.2) is 0 Å². The molecule has 0 unspecified atom stereocenters. The van der Waals surface area contributed by atoms with Crippen LogP contribution in [0.25, 0.3) is 10.4 Å². The van der Waals surface area contributed by atoms with E-state index in [0.717, 1.165) is 5.56 Å². The second-order valence-corrected chi connectivity index (χ2v) is 4.13. The highest BCUT2D eigenvalue weighted by atomic mass is 16.7. The van der Waals surface area contributed by atoms with E-state index in [0.29, 0.717) is 13.0 Å². The molecule has 3 atom stereocenters. The molecule has 1 aromatic rings. The molecule has 1 N–H and O–H groups in total. The maximum atomic E-state index is 9.74. The van der Waals surface area contributed by atoms with Gasteiger partial charge in [-0.1, -0.05) is 35.4 Å². The molecule has 1 aliphatic heterocycles. The number of ether oxygens (including phenoxy) is 2. The van der Waals surface area contributed by atoms with Gasteiger partial charge in [0.1, 0.15) is 0 Å². The van der Waals surface area contributed by atoms with Crippen LogP contribution in [0.15, 0.2) is 35.4 Å². The Morgan fingerprint density at radius 3 is 2.89 bits per heavy atom. The molecule has 0 radical (unpaired) electrons. The van der Waals surface area contributed by atoms with Crippen molar-refractivity contribution in [2.45, 2.75) is 31.5 Å². The Morgan fingerprint density at radius 2 is 2.22 bits per heavy atom. The summed E-state index contributed by atoms with van der Waals surface area (Å²) in [6.45, 7) is 0.620. The third-order valence-electron chi connectivity index (χ3n) is 2.81. The lowest BCUT2D eigenvalue weighted by Crippen LogP contribution is -2.40. The minimum absolute atomic E-state index is 0.185. The summed E-state index contributed by atoms with van der Waals surface area (Å²) >= 11 is 0. The van der Waals surface area contributed by atoms with Crippen molar-refractivity contribution in [3.05, 3.63) is 46.3 Å². The molecular formula is C12H15N3O3. The number of azide groups is 1. The van der Waals surface area contributed by atoms with Crippen molar-refractivity contribution in [3.63, 3.8) is 0 Å². The quantitative estimate of drug-likeness (QED) is 0.503. The summed E-state index contributed by atoms with van der Waals surface area (Å²) in [6, 6.07) is 9.21. The molecule has 6 heteroatoms. The first-order chi connectivity index (χ1) is 8.79. The normalized spacial score (nSPS) is 27.5. The van der Waals surface area contributed by atoms with Gasteiger partial charge in [0.2, 0.25) is 0 Å².